The SMILES string of the molecule is CC1(C)C(=CC=C2CCCC(C=CC3=[NH+]c4ccc(S(=O)(=O)[O-])cc4C3(C)C)=C2c2ccc(C(=O)O)cc2)Nc2ccc(S(=O)(=O)[O-])cc21.[Na+]. The van der Waals surface area contributed by atoms with Gasteiger partial charge in [0.05, 0.1) is 20.8 Å². The molecule has 3 aliphatic rings. The number of allylic oxidation sites excluding steroid dienone is 8. The molecule has 0 amide bonds. The first kappa shape index (κ1) is 37.6. The van der Waals surface area contributed by atoms with Gasteiger partial charge in [0.25, 0.3) is 0 Å². The van der Waals surface area contributed by atoms with Gasteiger partial charge in [-0.15, -0.1) is 0 Å². The van der Waals surface area contributed by atoms with E-state index in [9.17, 15) is 35.8 Å². The Hall–Kier alpha value is -3.62. The van der Waals surface area contributed by atoms with Crippen LogP contribution in [0.5, 0.6) is 0 Å². The van der Waals surface area contributed by atoms with Gasteiger partial charge in [-0.05, 0) is 109 Å². The van der Waals surface area contributed by atoms with Gasteiger partial charge >= 0.3 is 35.5 Å². The van der Waals surface area contributed by atoms with Crippen molar-refractivity contribution in [3.63, 3.8) is 0 Å². The Labute approximate surface area is 314 Å². The maximum atomic E-state index is 11.7. The number of hydrogen-bond acceptors (Lipinski definition) is 8. The number of carboxylic acid groups (broad SMARTS) is 1. The number of benzene rings is 3. The van der Waals surface area contributed by atoms with Crippen molar-refractivity contribution in [3.8, 4) is 0 Å². The number of nitrogens with one attached hydrogen (secondary N) is 2. The van der Waals surface area contributed by atoms with E-state index in [4.69, 9.17) is 0 Å². The summed E-state index contributed by atoms with van der Waals surface area (Å²) in [6.07, 6.45) is 10.3. The van der Waals surface area contributed by atoms with Crippen LogP contribution in [0.3, 0.4) is 0 Å². The van der Waals surface area contributed by atoms with Crippen molar-refractivity contribution in [1.29, 1.82) is 0 Å². The maximum absolute atomic E-state index is 11.7. The first-order valence-corrected chi connectivity index (χ1v) is 18.5. The second-order valence-electron chi connectivity index (χ2n) is 13.5. The third kappa shape index (κ3) is 7.11. The zero-order valence-corrected chi connectivity index (χ0v) is 32.0. The molecule has 0 spiro atoms. The molecule has 6 rings (SSSR count). The molecule has 50 heavy (non-hydrogen) atoms. The van der Waals surface area contributed by atoms with Gasteiger partial charge in [-0.2, -0.15) is 0 Å². The molecule has 0 aromatic heterocycles. The van der Waals surface area contributed by atoms with Crippen molar-refractivity contribution in [1.82, 2.24) is 0 Å². The number of rotatable bonds is 7. The monoisotopic (exact) mass is 722 g/mol. The Balaban J connectivity index is 0.00000486. The van der Waals surface area contributed by atoms with Gasteiger partial charge in [-0.1, -0.05) is 38.1 Å². The molecule has 0 radical (unpaired) electrons. The van der Waals surface area contributed by atoms with E-state index < -0.39 is 37.0 Å². The summed E-state index contributed by atoms with van der Waals surface area (Å²) in [6, 6.07) is 15.4. The molecular formula is C37H35N2NaO8S2. The van der Waals surface area contributed by atoms with Gasteiger partial charge < -0.3 is 19.5 Å². The van der Waals surface area contributed by atoms with Crippen molar-refractivity contribution >= 4 is 48.9 Å². The van der Waals surface area contributed by atoms with Crippen LogP contribution in [0.25, 0.3) is 5.57 Å². The summed E-state index contributed by atoms with van der Waals surface area (Å²) in [7, 11) is -9.24. The zero-order chi connectivity index (χ0) is 35.5. The third-order valence-electron chi connectivity index (χ3n) is 9.65. The van der Waals surface area contributed by atoms with Gasteiger partial charge in [0.2, 0.25) is 5.69 Å². The van der Waals surface area contributed by atoms with Crippen LogP contribution in [0.1, 0.15) is 74.0 Å². The Bertz CT molecular complexity index is 2300. The maximum Gasteiger partial charge on any atom is 1.00 e. The van der Waals surface area contributed by atoms with Crippen molar-refractivity contribution in [3.05, 3.63) is 124 Å². The molecule has 2 aliphatic heterocycles. The summed E-state index contributed by atoms with van der Waals surface area (Å²) < 4.78 is 70.3. The minimum atomic E-state index is -4.62. The van der Waals surface area contributed by atoms with Crippen molar-refractivity contribution < 1.29 is 70.4 Å². The number of carboxylic acids is 1. The van der Waals surface area contributed by atoms with E-state index >= 15 is 0 Å². The smallest absolute Gasteiger partial charge is 0.744 e. The van der Waals surface area contributed by atoms with Gasteiger partial charge in [-0.25, -0.2) is 26.6 Å². The molecule has 0 bridgehead atoms. The second-order valence-corrected chi connectivity index (χ2v) is 16.2. The van der Waals surface area contributed by atoms with Crippen LogP contribution in [0.15, 0.2) is 112 Å². The summed E-state index contributed by atoms with van der Waals surface area (Å²) in [5, 5.41) is 12.9. The van der Waals surface area contributed by atoms with Gasteiger partial charge in [0.15, 0.2) is 5.71 Å². The average Bonchev–Trinajstić information content (AvgIpc) is 3.44. The van der Waals surface area contributed by atoms with E-state index in [1.165, 1.54) is 24.3 Å². The third-order valence-corrected chi connectivity index (χ3v) is 11.3. The van der Waals surface area contributed by atoms with Crippen molar-refractivity contribution in [2.75, 3.05) is 5.32 Å². The fraction of sp³-hybridized carbons (Fsp3) is 0.243. The molecule has 0 unspecified atom stereocenters. The van der Waals surface area contributed by atoms with E-state index in [-0.39, 0.29) is 44.9 Å². The minimum absolute atomic E-state index is 0. The molecule has 1 aliphatic carbocycles. The molecule has 3 aromatic rings. The topological polar surface area (TPSA) is 178 Å². The summed E-state index contributed by atoms with van der Waals surface area (Å²) in [5.41, 5.74) is 7.27. The normalized spacial score (nSPS) is 19.6. The number of hydrogen-bond donors (Lipinski definition) is 3. The summed E-state index contributed by atoms with van der Waals surface area (Å²) in [5.74, 6) is -1.02. The molecule has 3 aromatic carbocycles. The standard InChI is InChI=1S/C37H36N2O8S2.Na/c1-36(2)28-20-26(48(42,43)44)14-16-30(28)38-32(36)18-12-22-6-5-7-23(34(22)24-8-10-25(11-9-24)35(40)41)13-19-33-37(3,4)29-21-27(49(45,46)47)15-17-31(29)39-33;/h8-21,38H,5-7H2,1-4H3,(H,40,41)(H,42,43,44)(H,45,46,47);/q;+1/p-1. The molecule has 3 N–H and O–H groups in total. The fourth-order valence-electron chi connectivity index (χ4n) is 6.78. The van der Waals surface area contributed by atoms with Crippen molar-refractivity contribution in [2.24, 2.45) is 0 Å². The van der Waals surface area contributed by atoms with E-state index in [1.807, 2.05) is 52.0 Å². The van der Waals surface area contributed by atoms with Crippen LogP contribution in [0.2, 0.25) is 0 Å². The first-order chi connectivity index (χ1) is 22.9. The molecule has 0 saturated heterocycles. The minimum Gasteiger partial charge on any atom is -0.744 e. The number of carbonyl (C=O) groups is 1. The Morgan fingerprint density at radius 2 is 1.44 bits per heavy atom. The van der Waals surface area contributed by atoms with Crippen LogP contribution in [0, 0.1) is 0 Å². The largest absolute Gasteiger partial charge is 1.00 e. The van der Waals surface area contributed by atoms with Crippen LogP contribution in [-0.4, -0.2) is 42.7 Å². The summed E-state index contributed by atoms with van der Waals surface area (Å²) in [6.45, 7) is 7.81. The fourth-order valence-corrected chi connectivity index (χ4v) is 7.77. The summed E-state index contributed by atoms with van der Waals surface area (Å²) >= 11 is 0. The van der Waals surface area contributed by atoms with Gasteiger partial charge in [0, 0.05) is 34.5 Å². The average molecular weight is 723 g/mol. The van der Waals surface area contributed by atoms with E-state index in [1.54, 1.807) is 36.4 Å². The Morgan fingerprint density at radius 1 is 0.820 bits per heavy atom. The molecule has 2 heterocycles. The first-order valence-electron chi connectivity index (χ1n) is 15.7. The summed E-state index contributed by atoms with van der Waals surface area (Å²) in [4.78, 5) is 14.4. The molecule has 0 atom stereocenters. The van der Waals surface area contributed by atoms with Gasteiger partial charge in [0.1, 0.15) is 20.2 Å². The van der Waals surface area contributed by atoms with Crippen LogP contribution in [0.4, 0.5) is 11.4 Å². The van der Waals surface area contributed by atoms with Crippen LogP contribution < -0.4 is 39.9 Å². The van der Waals surface area contributed by atoms with Crippen LogP contribution >= 0.6 is 0 Å². The number of anilines is 1. The molecular weight excluding hydrogens is 688 g/mol. The predicted octanol–water partition coefficient (Wildman–Crippen LogP) is 2.05. The molecule has 13 heteroatoms. The van der Waals surface area contributed by atoms with Gasteiger partial charge in [-0.3, -0.25) is 0 Å². The predicted molar refractivity (Wildman–Crippen MR) is 184 cm³/mol. The molecule has 254 valence electrons. The quantitative estimate of drug-likeness (QED) is 0.243. The van der Waals surface area contributed by atoms with Crippen LogP contribution in [-0.2, 0) is 31.1 Å². The van der Waals surface area contributed by atoms with Crippen molar-refractivity contribution in [2.45, 2.75) is 67.6 Å². The Morgan fingerprint density at radius 3 is 2.06 bits per heavy atom. The van der Waals surface area contributed by atoms with E-state index in [0.717, 1.165) is 64.3 Å². The molecule has 10 nitrogen and oxygen atoms in total. The Kier molecular flexibility index (Phi) is 10.2. The second kappa shape index (κ2) is 13.5. The van der Waals surface area contributed by atoms with E-state index in [2.05, 4.69) is 10.3 Å². The number of fused-ring (bicyclic) bond motifs is 2. The zero-order valence-electron chi connectivity index (χ0n) is 28.3. The molecule has 0 saturated carbocycles. The molecule has 0 fully saturated rings. The number of aromatic carboxylic acids is 1. The van der Waals surface area contributed by atoms with E-state index in [0.29, 0.717) is 11.1 Å².